The molecule has 1 spiro atoms. The van der Waals surface area contributed by atoms with Crippen molar-refractivity contribution in [2.24, 2.45) is 7.05 Å². The van der Waals surface area contributed by atoms with Crippen LogP contribution in [0.1, 0.15) is 12.8 Å². The van der Waals surface area contributed by atoms with Crippen molar-refractivity contribution in [2.75, 3.05) is 30.8 Å². The van der Waals surface area contributed by atoms with Crippen molar-refractivity contribution < 1.29 is 13.5 Å². The van der Waals surface area contributed by atoms with E-state index in [4.69, 9.17) is 28.2 Å². The predicted octanol–water partition coefficient (Wildman–Crippen LogP) is 2.66. The molecule has 0 atom stereocenters. The number of sulfonamides is 1. The van der Waals surface area contributed by atoms with Crippen molar-refractivity contribution in [1.29, 1.82) is 0 Å². The molecule has 31 heavy (non-hydrogen) atoms. The molecule has 5 rings (SSSR count). The van der Waals surface area contributed by atoms with Crippen LogP contribution in [-0.2, 0) is 17.1 Å². The van der Waals surface area contributed by atoms with Gasteiger partial charge in [-0.05, 0) is 25.0 Å². The average Bonchev–Trinajstić information content (AvgIpc) is 3.39. The lowest BCUT2D eigenvalue weighted by molar-refractivity contribution is 0.271. The number of aromatic hydroxyl groups is 1. The average molecular weight is 483 g/mol. The molecule has 1 aliphatic heterocycles. The molecule has 1 aromatic carbocycles. The topological polar surface area (TPSA) is 104 Å². The highest BCUT2D eigenvalue weighted by atomic mass is 35.5. The fourth-order valence-corrected chi connectivity index (χ4v) is 6.12. The van der Waals surface area contributed by atoms with Crippen LogP contribution in [0.15, 0.2) is 18.3 Å². The molecule has 0 bridgehead atoms. The molecule has 2 fully saturated rings. The number of anilines is 1. The number of halogens is 2. The Bertz CT molecular complexity index is 1320. The summed E-state index contributed by atoms with van der Waals surface area (Å²) in [7, 11) is -1.47. The SMILES string of the molecule is Cn1nc(-c2ccc(Cl)c(O)c2Cl)c2cnc(N3CCN(S(C)(=O)=O)C4(CC4)C3)nc21. The number of aromatic nitrogens is 4. The molecule has 0 amide bonds. The summed E-state index contributed by atoms with van der Waals surface area (Å²) in [5, 5.41) is 15.6. The van der Waals surface area contributed by atoms with Gasteiger partial charge in [-0.2, -0.15) is 14.4 Å². The van der Waals surface area contributed by atoms with E-state index in [0.717, 1.165) is 12.8 Å². The molecule has 2 aromatic heterocycles. The van der Waals surface area contributed by atoms with E-state index in [1.165, 1.54) is 6.26 Å². The number of aryl methyl sites for hydroxylation is 1. The number of hydrogen-bond donors (Lipinski definition) is 1. The third-order valence-corrected chi connectivity index (χ3v) is 8.05. The van der Waals surface area contributed by atoms with Crippen LogP contribution in [0.2, 0.25) is 10.0 Å². The lowest BCUT2D eigenvalue weighted by atomic mass is 10.1. The smallest absolute Gasteiger partial charge is 0.227 e. The molecule has 164 valence electrons. The van der Waals surface area contributed by atoms with E-state index in [9.17, 15) is 13.5 Å². The molecule has 1 aliphatic carbocycles. The summed E-state index contributed by atoms with van der Waals surface area (Å²) in [5.74, 6) is 0.335. The summed E-state index contributed by atoms with van der Waals surface area (Å²) >= 11 is 12.2. The van der Waals surface area contributed by atoms with E-state index in [2.05, 4.69) is 10.1 Å². The van der Waals surface area contributed by atoms with Crippen molar-refractivity contribution in [2.45, 2.75) is 18.4 Å². The Kier molecular flexibility index (Phi) is 4.64. The first-order chi connectivity index (χ1) is 14.6. The summed E-state index contributed by atoms with van der Waals surface area (Å²) in [6.07, 6.45) is 4.63. The van der Waals surface area contributed by atoms with Crippen molar-refractivity contribution in [3.05, 3.63) is 28.4 Å². The van der Waals surface area contributed by atoms with Crippen LogP contribution in [0, 0.1) is 0 Å². The highest BCUT2D eigenvalue weighted by molar-refractivity contribution is 7.88. The van der Waals surface area contributed by atoms with E-state index >= 15 is 0 Å². The number of piperazine rings is 1. The van der Waals surface area contributed by atoms with Gasteiger partial charge in [-0.1, -0.05) is 23.2 Å². The molecule has 1 saturated carbocycles. The molecule has 1 saturated heterocycles. The zero-order valence-electron chi connectivity index (χ0n) is 16.9. The Balaban J connectivity index is 1.52. The van der Waals surface area contributed by atoms with Gasteiger partial charge in [0.2, 0.25) is 16.0 Å². The first-order valence-electron chi connectivity index (χ1n) is 9.71. The maximum Gasteiger partial charge on any atom is 0.227 e. The van der Waals surface area contributed by atoms with Gasteiger partial charge in [0.1, 0.15) is 5.69 Å². The van der Waals surface area contributed by atoms with E-state index in [1.54, 1.807) is 34.4 Å². The van der Waals surface area contributed by atoms with Crippen LogP contribution in [-0.4, -0.2) is 69.0 Å². The number of fused-ring (bicyclic) bond motifs is 1. The predicted molar refractivity (Wildman–Crippen MR) is 119 cm³/mol. The molecule has 0 unspecified atom stereocenters. The summed E-state index contributed by atoms with van der Waals surface area (Å²) in [6, 6.07) is 3.26. The standard InChI is InChI=1S/C19H20Cl2N6O3S/c1-25-17-12(15(24-25)11-3-4-13(20)16(28)14(11)21)9-22-18(23-17)26-7-8-27(31(2,29)30)19(10-26)5-6-19/h3-4,9,28H,5-8,10H2,1-2H3. The van der Waals surface area contributed by atoms with Crippen LogP contribution >= 0.6 is 23.2 Å². The van der Waals surface area contributed by atoms with E-state index in [-0.39, 0.29) is 21.3 Å². The minimum Gasteiger partial charge on any atom is -0.505 e. The van der Waals surface area contributed by atoms with Gasteiger partial charge in [0, 0.05) is 38.4 Å². The molecule has 0 radical (unpaired) electrons. The molecule has 3 aromatic rings. The first-order valence-corrected chi connectivity index (χ1v) is 12.3. The van der Waals surface area contributed by atoms with Crippen LogP contribution in [0.3, 0.4) is 0 Å². The number of benzene rings is 1. The van der Waals surface area contributed by atoms with Crippen molar-refractivity contribution in [3.8, 4) is 17.0 Å². The Morgan fingerprint density at radius 2 is 1.94 bits per heavy atom. The third-order valence-electron chi connectivity index (χ3n) is 5.99. The van der Waals surface area contributed by atoms with Crippen LogP contribution < -0.4 is 4.90 Å². The van der Waals surface area contributed by atoms with Gasteiger partial charge in [-0.15, -0.1) is 0 Å². The number of nitrogens with zero attached hydrogens (tertiary/aromatic N) is 6. The maximum absolute atomic E-state index is 12.1. The van der Waals surface area contributed by atoms with Gasteiger partial charge in [0.15, 0.2) is 11.4 Å². The van der Waals surface area contributed by atoms with Crippen LogP contribution in [0.25, 0.3) is 22.3 Å². The summed E-state index contributed by atoms with van der Waals surface area (Å²) < 4.78 is 27.5. The quantitative estimate of drug-likeness (QED) is 0.611. The number of phenolic OH excluding ortho intramolecular Hbond substituents is 1. The fraction of sp³-hybridized carbons (Fsp3) is 0.421. The van der Waals surface area contributed by atoms with E-state index in [1.807, 2.05) is 4.90 Å². The zero-order valence-corrected chi connectivity index (χ0v) is 19.2. The number of phenols is 1. The van der Waals surface area contributed by atoms with Gasteiger partial charge in [-0.25, -0.2) is 18.1 Å². The van der Waals surface area contributed by atoms with Crippen LogP contribution in [0.5, 0.6) is 5.75 Å². The van der Waals surface area contributed by atoms with Gasteiger partial charge in [0.25, 0.3) is 0 Å². The van der Waals surface area contributed by atoms with Gasteiger partial charge < -0.3 is 10.0 Å². The Hall–Kier alpha value is -2.14. The molecule has 1 N–H and O–H groups in total. The molecular formula is C19H20Cl2N6O3S. The monoisotopic (exact) mass is 482 g/mol. The minimum absolute atomic E-state index is 0.115. The molecule has 12 heteroatoms. The van der Waals surface area contributed by atoms with E-state index in [0.29, 0.717) is 47.9 Å². The van der Waals surface area contributed by atoms with Crippen LogP contribution in [0.4, 0.5) is 5.95 Å². The largest absolute Gasteiger partial charge is 0.505 e. The Labute approximate surface area is 189 Å². The first kappa shape index (κ1) is 20.7. The molecule has 2 aliphatic rings. The van der Waals surface area contributed by atoms with Crippen molar-refractivity contribution >= 4 is 50.2 Å². The van der Waals surface area contributed by atoms with Crippen molar-refractivity contribution in [3.63, 3.8) is 0 Å². The lowest BCUT2D eigenvalue weighted by Gasteiger charge is -2.40. The number of rotatable bonds is 3. The molecule has 3 heterocycles. The third kappa shape index (κ3) is 3.32. The second-order valence-electron chi connectivity index (χ2n) is 8.12. The van der Waals surface area contributed by atoms with Gasteiger partial charge in [0.05, 0.1) is 27.2 Å². The summed E-state index contributed by atoms with van der Waals surface area (Å²) in [6.45, 7) is 1.49. The summed E-state index contributed by atoms with van der Waals surface area (Å²) in [5.41, 5.74) is 1.34. The Morgan fingerprint density at radius 3 is 2.61 bits per heavy atom. The lowest BCUT2D eigenvalue weighted by Crippen LogP contribution is -2.57. The second-order valence-corrected chi connectivity index (χ2v) is 10.8. The molecular weight excluding hydrogens is 463 g/mol. The van der Waals surface area contributed by atoms with Gasteiger partial charge >= 0.3 is 0 Å². The second kappa shape index (κ2) is 6.93. The fourth-order valence-electron chi connectivity index (χ4n) is 4.31. The Morgan fingerprint density at radius 1 is 1.19 bits per heavy atom. The maximum atomic E-state index is 12.1. The molecule has 9 nitrogen and oxygen atoms in total. The number of hydrogen-bond acceptors (Lipinski definition) is 7. The highest BCUT2D eigenvalue weighted by Gasteiger charge is 2.55. The highest BCUT2D eigenvalue weighted by Crippen LogP contribution is 2.46. The minimum atomic E-state index is -3.25. The normalized spacial score (nSPS) is 18.8. The zero-order chi connectivity index (χ0) is 22.1. The summed E-state index contributed by atoms with van der Waals surface area (Å²) in [4.78, 5) is 11.3. The van der Waals surface area contributed by atoms with E-state index < -0.39 is 10.0 Å². The van der Waals surface area contributed by atoms with Gasteiger partial charge in [-0.3, -0.25) is 0 Å². The van der Waals surface area contributed by atoms with Crippen molar-refractivity contribution in [1.82, 2.24) is 24.1 Å².